The minimum atomic E-state index is 0.0407. The Balaban J connectivity index is 1.52. The van der Waals surface area contributed by atoms with Crippen molar-refractivity contribution in [2.45, 2.75) is 83.6 Å². The summed E-state index contributed by atoms with van der Waals surface area (Å²) >= 11 is 0. The first-order valence-electron chi connectivity index (χ1n) is 11.7. The summed E-state index contributed by atoms with van der Waals surface area (Å²) in [7, 11) is 0. The number of hydrogen-bond donors (Lipinski definition) is 0. The number of hydrogen-bond acceptors (Lipinski definition) is 2. The molecule has 0 aromatic heterocycles. The Morgan fingerprint density at radius 2 is 1.59 bits per heavy atom. The first kappa shape index (κ1) is 20.6. The summed E-state index contributed by atoms with van der Waals surface area (Å²) in [6.45, 7) is 8.19. The number of ether oxygens (including phenoxy) is 1. The van der Waals surface area contributed by atoms with Gasteiger partial charge in [0.05, 0.1) is 6.10 Å². The highest BCUT2D eigenvalue weighted by Crippen LogP contribution is 2.40. The Morgan fingerprint density at radius 1 is 0.931 bits per heavy atom. The number of piperidine rings is 1. The van der Waals surface area contributed by atoms with E-state index in [1.165, 1.54) is 55.3 Å². The fourth-order valence-corrected chi connectivity index (χ4v) is 5.37. The van der Waals surface area contributed by atoms with Crippen molar-refractivity contribution < 1.29 is 4.74 Å². The summed E-state index contributed by atoms with van der Waals surface area (Å²) in [4.78, 5) is 2.80. The maximum Gasteiger partial charge on any atom is 0.108 e. The molecule has 2 aromatic carbocycles. The highest BCUT2D eigenvalue weighted by Gasteiger charge is 2.41. The smallest absolute Gasteiger partial charge is 0.108 e. The van der Waals surface area contributed by atoms with E-state index in [1.807, 2.05) is 0 Å². The van der Waals surface area contributed by atoms with Gasteiger partial charge in [0.25, 0.3) is 0 Å². The molecule has 2 saturated heterocycles. The van der Waals surface area contributed by atoms with Crippen molar-refractivity contribution in [3.63, 3.8) is 0 Å². The third-order valence-corrected chi connectivity index (χ3v) is 6.96. The van der Waals surface area contributed by atoms with Gasteiger partial charge in [0.2, 0.25) is 0 Å². The van der Waals surface area contributed by atoms with E-state index in [2.05, 4.69) is 80.3 Å². The van der Waals surface area contributed by atoms with Crippen molar-refractivity contribution in [3.05, 3.63) is 71.3 Å². The molecule has 2 aliphatic rings. The average molecular weight is 392 g/mol. The molecule has 4 atom stereocenters. The first-order valence-corrected chi connectivity index (χ1v) is 11.7. The Morgan fingerprint density at radius 3 is 2.24 bits per heavy atom. The summed E-state index contributed by atoms with van der Waals surface area (Å²) < 4.78 is 6.93. The predicted molar refractivity (Wildman–Crippen MR) is 121 cm³/mol. The quantitative estimate of drug-likeness (QED) is 0.516. The van der Waals surface area contributed by atoms with Crippen LogP contribution in [-0.2, 0) is 11.2 Å². The lowest BCUT2D eigenvalue weighted by molar-refractivity contribution is -0.0490. The van der Waals surface area contributed by atoms with Crippen molar-refractivity contribution in [1.82, 2.24) is 4.90 Å². The SMILES string of the molecule is CCc1ccccc1C(OC1C[C@H]2CC[C@@H](C1)N2CCC(C)C)c1ccccc1. The van der Waals surface area contributed by atoms with E-state index in [4.69, 9.17) is 4.74 Å². The van der Waals surface area contributed by atoms with E-state index < -0.39 is 0 Å². The lowest BCUT2D eigenvalue weighted by Gasteiger charge is -2.40. The van der Waals surface area contributed by atoms with Crippen LogP contribution in [0.25, 0.3) is 0 Å². The van der Waals surface area contributed by atoms with Crippen molar-refractivity contribution in [3.8, 4) is 0 Å². The summed E-state index contributed by atoms with van der Waals surface area (Å²) in [5.41, 5.74) is 4.03. The van der Waals surface area contributed by atoms with Gasteiger partial charge in [0.1, 0.15) is 6.10 Å². The van der Waals surface area contributed by atoms with Crippen LogP contribution in [0, 0.1) is 5.92 Å². The third-order valence-electron chi connectivity index (χ3n) is 6.96. The van der Waals surface area contributed by atoms with E-state index in [1.54, 1.807) is 0 Å². The van der Waals surface area contributed by atoms with Gasteiger partial charge in [-0.1, -0.05) is 75.4 Å². The zero-order chi connectivity index (χ0) is 20.2. The zero-order valence-electron chi connectivity index (χ0n) is 18.4. The largest absolute Gasteiger partial charge is 0.365 e. The second-order valence-electron chi connectivity index (χ2n) is 9.38. The molecule has 2 heterocycles. The highest BCUT2D eigenvalue weighted by atomic mass is 16.5. The highest BCUT2D eigenvalue weighted by molar-refractivity contribution is 5.36. The van der Waals surface area contributed by atoms with Crippen LogP contribution < -0.4 is 0 Å². The van der Waals surface area contributed by atoms with Crippen molar-refractivity contribution in [2.24, 2.45) is 5.92 Å². The molecule has 2 heteroatoms. The molecule has 2 aliphatic heterocycles. The average Bonchev–Trinajstić information content (AvgIpc) is 2.99. The molecule has 2 fully saturated rings. The molecule has 156 valence electrons. The van der Waals surface area contributed by atoms with Crippen molar-refractivity contribution in [2.75, 3.05) is 6.54 Å². The summed E-state index contributed by atoms with van der Waals surface area (Å²) in [5.74, 6) is 0.788. The number of nitrogens with zero attached hydrogens (tertiary/aromatic N) is 1. The summed E-state index contributed by atoms with van der Waals surface area (Å²) in [6, 6.07) is 21.1. The lowest BCUT2D eigenvalue weighted by atomic mass is 9.93. The fraction of sp³-hybridized carbons (Fsp3) is 0.556. The van der Waals surface area contributed by atoms with E-state index in [0.29, 0.717) is 6.10 Å². The molecule has 2 nitrogen and oxygen atoms in total. The van der Waals surface area contributed by atoms with Gasteiger partial charge in [0, 0.05) is 12.1 Å². The standard InChI is InChI=1S/C27H37NO/c1-4-21-10-8-9-13-26(21)27(22-11-6-5-7-12-22)29-25-18-23-14-15-24(19-25)28(23)17-16-20(2)3/h5-13,20,23-25,27H,4,14-19H2,1-3H3/t23-,24+,25?,27?. The second kappa shape index (κ2) is 9.45. The van der Waals surface area contributed by atoms with Crippen LogP contribution >= 0.6 is 0 Å². The van der Waals surface area contributed by atoms with Crippen LogP contribution in [0.3, 0.4) is 0 Å². The molecule has 2 unspecified atom stereocenters. The number of benzene rings is 2. The van der Waals surface area contributed by atoms with Gasteiger partial charge in [-0.2, -0.15) is 0 Å². The molecule has 0 radical (unpaired) electrons. The Kier molecular flexibility index (Phi) is 6.72. The van der Waals surface area contributed by atoms with Gasteiger partial charge < -0.3 is 4.74 Å². The van der Waals surface area contributed by atoms with E-state index in [0.717, 1.165) is 24.4 Å². The third kappa shape index (κ3) is 4.75. The van der Waals surface area contributed by atoms with Gasteiger partial charge >= 0.3 is 0 Å². The molecule has 2 bridgehead atoms. The van der Waals surface area contributed by atoms with Crippen LogP contribution in [-0.4, -0.2) is 29.6 Å². The predicted octanol–water partition coefficient (Wildman–Crippen LogP) is 6.40. The Hall–Kier alpha value is -1.64. The molecular formula is C27H37NO. The first-order chi connectivity index (χ1) is 14.2. The van der Waals surface area contributed by atoms with Gasteiger partial charge in [-0.15, -0.1) is 0 Å². The van der Waals surface area contributed by atoms with Crippen LogP contribution in [0.2, 0.25) is 0 Å². The van der Waals surface area contributed by atoms with Crippen molar-refractivity contribution in [1.29, 1.82) is 0 Å². The molecule has 2 aromatic rings. The number of rotatable bonds is 8. The topological polar surface area (TPSA) is 12.5 Å². The van der Waals surface area contributed by atoms with Crippen LogP contribution in [0.1, 0.15) is 75.7 Å². The molecule has 4 rings (SSSR count). The normalized spacial score (nSPS) is 25.4. The van der Waals surface area contributed by atoms with E-state index in [9.17, 15) is 0 Å². The summed E-state index contributed by atoms with van der Waals surface area (Å²) in [5, 5.41) is 0. The minimum Gasteiger partial charge on any atom is -0.365 e. The maximum absolute atomic E-state index is 6.93. The molecule has 0 spiro atoms. The summed E-state index contributed by atoms with van der Waals surface area (Å²) in [6.07, 6.45) is 7.83. The molecule has 0 aliphatic carbocycles. The number of aryl methyl sites for hydroxylation is 1. The van der Waals surface area contributed by atoms with Crippen LogP contribution in [0.5, 0.6) is 0 Å². The lowest BCUT2D eigenvalue weighted by Crippen LogP contribution is -2.46. The molecule has 0 N–H and O–H groups in total. The molecule has 0 amide bonds. The van der Waals surface area contributed by atoms with E-state index in [-0.39, 0.29) is 6.10 Å². The monoisotopic (exact) mass is 391 g/mol. The number of fused-ring (bicyclic) bond motifs is 2. The molecule has 0 saturated carbocycles. The Bertz CT molecular complexity index is 757. The second-order valence-corrected chi connectivity index (χ2v) is 9.38. The zero-order valence-corrected chi connectivity index (χ0v) is 18.4. The maximum atomic E-state index is 6.93. The van der Waals surface area contributed by atoms with Crippen LogP contribution in [0.4, 0.5) is 0 Å². The van der Waals surface area contributed by atoms with Gasteiger partial charge in [-0.3, -0.25) is 4.90 Å². The fourth-order valence-electron chi connectivity index (χ4n) is 5.37. The van der Waals surface area contributed by atoms with Gasteiger partial charge in [-0.25, -0.2) is 0 Å². The molecular weight excluding hydrogens is 354 g/mol. The minimum absolute atomic E-state index is 0.0407. The molecule has 29 heavy (non-hydrogen) atoms. The van der Waals surface area contributed by atoms with E-state index >= 15 is 0 Å². The Labute approximate surface area is 177 Å². The van der Waals surface area contributed by atoms with Crippen molar-refractivity contribution >= 4 is 0 Å². The van der Waals surface area contributed by atoms with Crippen LogP contribution in [0.15, 0.2) is 54.6 Å². The van der Waals surface area contributed by atoms with Gasteiger partial charge in [-0.05, 0) is 67.7 Å². The van der Waals surface area contributed by atoms with Gasteiger partial charge in [0.15, 0.2) is 0 Å².